The van der Waals surface area contributed by atoms with E-state index in [4.69, 9.17) is 0 Å². The van der Waals surface area contributed by atoms with Crippen molar-refractivity contribution in [2.75, 3.05) is 4.90 Å². The molecule has 1 heterocycles. The van der Waals surface area contributed by atoms with E-state index in [1.807, 2.05) is 11.3 Å². The average Bonchev–Trinajstić information content (AvgIpc) is 3.97. The molecule has 11 aromatic rings. The molecule has 0 bridgehead atoms. The van der Waals surface area contributed by atoms with Crippen LogP contribution in [-0.2, 0) is 10.8 Å². The van der Waals surface area contributed by atoms with Crippen molar-refractivity contribution < 1.29 is 0 Å². The molecule has 0 unspecified atom stereocenters. The summed E-state index contributed by atoms with van der Waals surface area (Å²) in [5.74, 6) is 0. The SMILES string of the molecule is CC1(C)c2ccccc2-c2ccc(-c3ccccc3N(c3ccc(-c4ccccc4-c4cccc5c4C(C)(C)c4ccccc4-5)cc3)c3ccc(-c4cccc5sc6ccccc6c45)cc3)cc21. The molecule has 0 saturated carbocycles. The molecule has 2 aliphatic carbocycles. The van der Waals surface area contributed by atoms with Gasteiger partial charge >= 0.3 is 0 Å². The van der Waals surface area contributed by atoms with Crippen LogP contribution in [0.15, 0.2) is 224 Å². The van der Waals surface area contributed by atoms with Gasteiger partial charge in [-0.15, -0.1) is 11.3 Å². The summed E-state index contributed by atoms with van der Waals surface area (Å²) in [4.78, 5) is 2.45. The maximum absolute atomic E-state index is 2.45. The van der Waals surface area contributed by atoms with Crippen LogP contribution in [0.3, 0.4) is 0 Å². The first-order valence-corrected chi connectivity index (χ1v) is 24.7. The highest BCUT2D eigenvalue weighted by Gasteiger charge is 2.38. The lowest BCUT2D eigenvalue weighted by Crippen LogP contribution is -2.16. The van der Waals surface area contributed by atoms with Crippen molar-refractivity contribution in [2.24, 2.45) is 0 Å². The van der Waals surface area contributed by atoms with Crippen LogP contribution < -0.4 is 4.90 Å². The van der Waals surface area contributed by atoms with Crippen LogP contribution in [0.2, 0.25) is 0 Å². The summed E-state index contributed by atoms with van der Waals surface area (Å²) < 4.78 is 2.64. The molecule has 1 aromatic heterocycles. The first kappa shape index (κ1) is 40.5. The summed E-state index contributed by atoms with van der Waals surface area (Å²) in [6, 6.07) is 83.7. The van der Waals surface area contributed by atoms with Crippen molar-refractivity contribution in [2.45, 2.75) is 38.5 Å². The molecule has 13 rings (SSSR count). The zero-order chi connectivity index (χ0) is 45.7. The van der Waals surface area contributed by atoms with Crippen LogP contribution in [0.1, 0.15) is 49.9 Å². The number of rotatable bonds is 7. The van der Waals surface area contributed by atoms with E-state index in [0.29, 0.717) is 0 Å². The number of nitrogens with zero attached hydrogens (tertiary/aromatic N) is 1. The van der Waals surface area contributed by atoms with Crippen LogP contribution in [-0.4, -0.2) is 0 Å². The first-order valence-electron chi connectivity index (χ1n) is 23.8. The molecule has 0 aliphatic heterocycles. The molecule has 1 nitrogen and oxygen atoms in total. The van der Waals surface area contributed by atoms with Crippen LogP contribution in [0, 0.1) is 0 Å². The number of anilines is 3. The van der Waals surface area contributed by atoms with E-state index in [-0.39, 0.29) is 10.8 Å². The molecule has 0 saturated heterocycles. The fourth-order valence-corrected chi connectivity index (χ4v) is 13.0. The Hall–Kier alpha value is -7.78. The third-order valence-corrected chi connectivity index (χ3v) is 16.2. The Labute approximate surface area is 403 Å². The van der Waals surface area contributed by atoms with E-state index in [1.54, 1.807) is 0 Å². The maximum atomic E-state index is 2.45. The van der Waals surface area contributed by atoms with Crippen LogP contribution in [0.4, 0.5) is 17.1 Å². The zero-order valence-corrected chi connectivity index (χ0v) is 39.5. The number of fused-ring (bicyclic) bond motifs is 9. The monoisotopic (exact) mass is 887 g/mol. The minimum Gasteiger partial charge on any atom is -0.310 e. The van der Waals surface area contributed by atoms with Crippen LogP contribution >= 0.6 is 11.3 Å². The third kappa shape index (κ3) is 6.14. The lowest BCUT2D eigenvalue weighted by Gasteiger charge is -2.29. The van der Waals surface area contributed by atoms with E-state index < -0.39 is 0 Å². The summed E-state index contributed by atoms with van der Waals surface area (Å²) >= 11 is 1.87. The Morgan fingerprint density at radius 3 is 1.51 bits per heavy atom. The lowest BCUT2D eigenvalue weighted by molar-refractivity contribution is 0.660. The minimum absolute atomic E-state index is 0.102. The van der Waals surface area contributed by atoms with Gasteiger partial charge < -0.3 is 4.90 Å². The summed E-state index contributed by atoms with van der Waals surface area (Å²) in [6.07, 6.45) is 0. The molecule has 0 spiro atoms. The minimum atomic E-state index is -0.120. The van der Waals surface area contributed by atoms with E-state index in [0.717, 1.165) is 17.1 Å². The molecule has 0 amide bonds. The molecule has 2 aliphatic rings. The van der Waals surface area contributed by atoms with Crippen molar-refractivity contribution in [3.63, 3.8) is 0 Å². The topological polar surface area (TPSA) is 3.24 Å². The highest BCUT2D eigenvalue weighted by molar-refractivity contribution is 7.25. The summed E-state index contributed by atoms with van der Waals surface area (Å²) in [7, 11) is 0. The molecule has 0 radical (unpaired) electrons. The van der Waals surface area contributed by atoms with Gasteiger partial charge in [-0.25, -0.2) is 0 Å². The van der Waals surface area contributed by atoms with Crippen LogP contribution in [0.25, 0.3) is 86.9 Å². The molecule has 2 heteroatoms. The molecule has 0 fully saturated rings. The molecular weight excluding hydrogens is 839 g/mol. The highest BCUT2D eigenvalue weighted by Crippen LogP contribution is 2.54. The second-order valence-electron chi connectivity index (χ2n) is 19.6. The number of hydrogen-bond acceptors (Lipinski definition) is 2. The fourth-order valence-electron chi connectivity index (χ4n) is 11.8. The second kappa shape index (κ2) is 15.4. The third-order valence-electron chi connectivity index (χ3n) is 15.1. The van der Waals surface area contributed by atoms with Gasteiger partial charge in [-0.3, -0.25) is 0 Å². The summed E-state index contributed by atoms with van der Waals surface area (Å²) in [6.45, 7) is 9.49. The Balaban J connectivity index is 0.942. The first-order chi connectivity index (χ1) is 33.3. The van der Waals surface area contributed by atoms with Gasteiger partial charge in [-0.05, 0) is 132 Å². The lowest BCUT2D eigenvalue weighted by atomic mass is 9.78. The molecule has 10 aromatic carbocycles. The standard InChI is InChI=1S/C66H49NS/c1-65(2)57-26-11-7-20-51(57)53-40-35-44(41-59(53)65)48-18-9-13-28-60(48)67(46-38-33-43(34-39-46)49-23-16-30-62-63(49)56-22-10-14-29-61(56)68-62)45-36-31-42(32-37-45)47-17-5-6-19-50(47)54-24-15-25-55-52-21-8-12-27-58(52)66(3,4)64(54)55/h5-41H,1-4H3. The Morgan fingerprint density at radius 2 is 0.794 bits per heavy atom. The van der Waals surface area contributed by atoms with E-state index in [2.05, 4.69) is 257 Å². The molecular formula is C66H49NS. The number of hydrogen-bond donors (Lipinski definition) is 0. The smallest absolute Gasteiger partial charge is 0.0540 e. The second-order valence-corrected chi connectivity index (χ2v) is 20.7. The highest BCUT2D eigenvalue weighted by atomic mass is 32.1. The fraction of sp³-hybridized carbons (Fsp3) is 0.0909. The molecule has 0 N–H and O–H groups in total. The van der Waals surface area contributed by atoms with Gasteiger partial charge in [-0.2, -0.15) is 0 Å². The van der Waals surface area contributed by atoms with E-state index >= 15 is 0 Å². The Morgan fingerprint density at radius 1 is 0.324 bits per heavy atom. The van der Waals surface area contributed by atoms with E-state index in [1.165, 1.54) is 109 Å². The van der Waals surface area contributed by atoms with Gasteiger partial charge in [0.2, 0.25) is 0 Å². The Bertz CT molecular complexity index is 3790. The van der Waals surface area contributed by atoms with Crippen molar-refractivity contribution in [3.8, 4) is 66.8 Å². The van der Waals surface area contributed by atoms with Crippen molar-refractivity contribution in [3.05, 3.63) is 247 Å². The van der Waals surface area contributed by atoms with Gasteiger partial charge in [-0.1, -0.05) is 204 Å². The summed E-state index contributed by atoms with van der Waals surface area (Å²) in [5.41, 5.74) is 23.9. The van der Waals surface area contributed by atoms with Gasteiger partial charge in [0.05, 0.1) is 5.69 Å². The molecule has 68 heavy (non-hydrogen) atoms. The summed E-state index contributed by atoms with van der Waals surface area (Å²) in [5, 5.41) is 2.64. The average molecular weight is 888 g/mol. The van der Waals surface area contributed by atoms with Crippen molar-refractivity contribution in [1.29, 1.82) is 0 Å². The van der Waals surface area contributed by atoms with E-state index in [9.17, 15) is 0 Å². The van der Waals surface area contributed by atoms with Gasteiger partial charge in [0.15, 0.2) is 0 Å². The molecule has 324 valence electrons. The number of para-hydroxylation sites is 1. The predicted molar refractivity (Wildman–Crippen MR) is 291 cm³/mol. The predicted octanol–water partition coefficient (Wildman–Crippen LogP) is 18.8. The number of benzene rings is 10. The van der Waals surface area contributed by atoms with Crippen molar-refractivity contribution >= 4 is 48.6 Å². The Kier molecular flexibility index (Phi) is 9.16. The van der Waals surface area contributed by atoms with Gasteiger partial charge in [0.1, 0.15) is 0 Å². The normalized spacial score (nSPS) is 13.8. The molecule has 0 atom stereocenters. The zero-order valence-electron chi connectivity index (χ0n) is 38.7. The number of thiophene rings is 1. The van der Waals surface area contributed by atoms with Crippen LogP contribution in [0.5, 0.6) is 0 Å². The largest absolute Gasteiger partial charge is 0.310 e. The van der Waals surface area contributed by atoms with Gasteiger partial charge in [0.25, 0.3) is 0 Å². The quantitative estimate of drug-likeness (QED) is 0.154. The van der Waals surface area contributed by atoms with Crippen molar-refractivity contribution in [1.82, 2.24) is 0 Å². The maximum Gasteiger partial charge on any atom is 0.0540 e. The van der Waals surface area contributed by atoms with Gasteiger partial charge in [0, 0.05) is 47.9 Å².